The molecule has 1 atom stereocenters. The first kappa shape index (κ1) is 13.0. The first-order chi connectivity index (χ1) is 8.49. The monoisotopic (exact) mass is 316 g/mol. The highest BCUT2D eigenvalue weighted by atomic mass is 79.9. The molecule has 1 heterocycles. The molecule has 0 fully saturated rings. The molecule has 0 aliphatic carbocycles. The lowest BCUT2D eigenvalue weighted by Crippen LogP contribution is -2.16. The lowest BCUT2D eigenvalue weighted by atomic mass is 10.00. The number of hydrogen-bond donors (Lipinski definition) is 1. The summed E-state index contributed by atoms with van der Waals surface area (Å²) in [4.78, 5) is 3.60. The number of halogens is 4. The van der Waals surface area contributed by atoms with E-state index < -0.39 is 23.5 Å². The predicted octanol–water partition coefficient (Wildman–Crippen LogP) is 3.31. The van der Waals surface area contributed by atoms with E-state index in [0.717, 1.165) is 24.4 Å². The van der Waals surface area contributed by atoms with Gasteiger partial charge in [0.1, 0.15) is 17.5 Å². The number of hydrogen-bond acceptors (Lipinski definition) is 2. The standard InChI is InChI=1S/C12H8BrF3N2/c13-7-2-9(15)11(10(16)3-7)12(17)6-1-8(14)5-18-4-6/h1-5,12H,17H2. The van der Waals surface area contributed by atoms with E-state index in [1.807, 2.05) is 0 Å². The van der Waals surface area contributed by atoms with Crippen LogP contribution in [-0.2, 0) is 0 Å². The van der Waals surface area contributed by atoms with Gasteiger partial charge in [-0.1, -0.05) is 15.9 Å². The molecule has 0 spiro atoms. The summed E-state index contributed by atoms with van der Waals surface area (Å²) < 4.78 is 40.6. The molecule has 1 unspecified atom stereocenters. The second-order valence-corrected chi connectivity index (χ2v) is 4.61. The fourth-order valence-electron chi connectivity index (χ4n) is 1.62. The molecule has 2 N–H and O–H groups in total. The van der Waals surface area contributed by atoms with Crippen molar-refractivity contribution in [3.05, 3.63) is 63.6 Å². The molecule has 1 aromatic carbocycles. The van der Waals surface area contributed by atoms with Gasteiger partial charge in [-0.25, -0.2) is 13.2 Å². The summed E-state index contributed by atoms with van der Waals surface area (Å²) in [7, 11) is 0. The molecule has 2 rings (SSSR count). The third kappa shape index (κ3) is 2.54. The highest BCUT2D eigenvalue weighted by Gasteiger charge is 2.19. The van der Waals surface area contributed by atoms with Crippen molar-refractivity contribution >= 4 is 15.9 Å². The normalized spacial score (nSPS) is 12.5. The molecule has 94 valence electrons. The van der Waals surface area contributed by atoms with E-state index in [1.165, 1.54) is 6.20 Å². The van der Waals surface area contributed by atoms with Crippen molar-refractivity contribution in [2.75, 3.05) is 0 Å². The molecule has 6 heteroatoms. The summed E-state index contributed by atoms with van der Waals surface area (Å²) >= 11 is 2.97. The van der Waals surface area contributed by atoms with Crippen LogP contribution in [0.3, 0.4) is 0 Å². The molecule has 0 saturated heterocycles. The van der Waals surface area contributed by atoms with Gasteiger partial charge in [0, 0.05) is 16.2 Å². The van der Waals surface area contributed by atoms with Gasteiger partial charge in [-0.2, -0.15) is 0 Å². The third-order valence-electron chi connectivity index (χ3n) is 2.44. The Morgan fingerprint density at radius 3 is 2.22 bits per heavy atom. The van der Waals surface area contributed by atoms with Crippen LogP contribution >= 0.6 is 15.9 Å². The second-order valence-electron chi connectivity index (χ2n) is 3.70. The van der Waals surface area contributed by atoms with Crippen LogP contribution in [0, 0.1) is 17.5 Å². The van der Waals surface area contributed by atoms with E-state index in [2.05, 4.69) is 20.9 Å². The predicted molar refractivity (Wildman–Crippen MR) is 64.3 cm³/mol. The average Bonchev–Trinajstić information content (AvgIpc) is 2.27. The van der Waals surface area contributed by atoms with Crippen molar-refractivity contribution in [3.8, 4) is 0 Å². The maximum atomic E-state index is 13.7. The zero-order valence-electron chi connectivity index (χ0n) is 9.00. The van der Waals surface area contributed by atoms with E-state index >= 15 is 0 Å². The maximum absolute atomic E-state index is 13.7. The zero-order chi connectivity index (χ0) is 13.3. The van der Waals surface area contributed by atoms with Crippen LogP contribution in [0.4, 0.5) is 13.2 Å². The average molecular weight is 317 g/mol. The van der Waals surface area contributed by atoms with Gasteiger partial charge >= 0.3 is 0 Å². The molecule has 0 aliphatic rings. The van der Waals surface area contributed by atoms with Crippen molar-refractivity contribution in [1.29, 1.82) is 0 Å². The Bertz CT molecular complexity index is 566. The molecular weight excluding hydrogens is 309 g/mol. The molecule has 2 nitrogen and oxygen atoms in total. The Morgan fingerprint density at radius 2 is 1.67 bits per heavy atom. The zero-order valence-corrected chi connectivity index (χ0v) is 10.6. The molecule has 1 aromatic heterocycles. The van der Waals surface area contributed by atoms with Gasteiger partial charge in [-0.05, 0) is 23.8 Å². The van der Waals surface area contributed by atoms with Crippen molar-refractivity contribution in [2.24, 2.45) is 5.73 Å². The minimum absolute atomic E-state index is 0.204. The lowest BCUT2D eigenvalue weighted by Gasteiger charge is -2.14. The van der Waals surface area contributed by atoms with Crippen LogP contribution < -0.4 is 5.73 Å². The molecule has 0 saturated carbocycles. The largest absolute Gasteiger partial charge is 0.320 e. The Kier molecular flexibility index (Phi) is 3.68. The number of aromatic nitrogens is 1. The van der Waals surface area contributed by atoms with Gasteiger partial charge in [0.05, 0.1) is 12.2 Å². The van der Waals surface area contributed by atoms with Crippen LogP contribution in [-0.4, -0.2) is 4.98 Å². The van der Waals surface area contributed by atoms with Gasteiger partial charge in [0.25, 0.3) is 0 Å². The number of pyridine rings is 1. The molecule has 0 amide bonds. The van der Waals surface area contributed by atoms with Gasteiger partial charge in [-0.3, -0.25) is 4.98 Å². The van der Waals surface area contributed by atoms with E-state index in [1.54, 1.807) is 0 Å². The second kappa shape index (κ2) is 5.07. The molecule has 18 heavy (non-hydrogen) atoms. The van der Waals surface area contributed by atoms with Crippen LogP contribution in [0.5, 0.6) is 0 Å². The molecular formula is C12H8BrF3N2. The minimum Gasteiger partial charge on any atom is -0.320 e. The van der Waals surface area contributed by atoms with E-state index in [9.17, 15) is 13.2 Å². The number of benzene rings is 1. The highest BCUT2D eigenvalue weighted by molar-refractivity contribution is 9.10. The van der Waals surface area contributed by atoms with Crippen molar-refractivity contribution in [1.82, 2.24) is 4.98 Å². The Hall–Kier alpha value is -1.40. The quantitative estimate of drug-likeness (QED) is 0.923. The third-order valence-corrected chi connectivity index (χ3v) is 2.90. The van der Waals surface area contributed by atoms with Crippen LogP contribution in [0.15, 0.2) is 35.1 Å². The van der Waals surface area contributed by atoms with Crippen molar-refractivity contribution < 1.29 is 13.2 Å². The summed E-state index contributed by atoms with van der Waals surface area (Å²) in [5.74, 6) is -2.20. The van der Waals surface area contributed by atoms with Gasteiger partial charge in [0.15, 0.2) is 0 Å². The van der Waals surface area contributed by atoms with E-state index in [0.29, 0.717) is 0 Å². The van der Waals surface area contributed by atoms with Crippen LogP contribution in [0.1, 0.15) is 17.2 Å². The molecule has 2 aromatic rings. The van der Waals surface area contributed by atoms with Crippen LogP contribution in [0.2, 0.25) is 0 Å². The Balaban J connectivity index is 2.49. The molecule has 0 radical (unpaired) electrons. The molecule has 0 aliphatic heterocycles. The van der Waals surface area contributed by atoms with Gasteiger partial charge in [0.2, 0.25) is 0 Å². The summed E-state index contributed by atoms with van der Waals surface area (Å²) in [6, 6.07) is 2.19. The smallest absolute Gasteiger partial charge is 0.141 e. The number of nitrogens with two attached hydrogens (primary N) is 1. The fourth-order valence-corrected chi connectivity index (χ4v) is 2.02. The minimum atomic E-state index is -1.11. The van der Waals surface area contributed by atoms with Crippen molar-refractivity contribution in [3.63, 3.8) is 0 Å². The first-order valence-electron chi connectivity index (χ1n) is 4.99. The number of rotatable bonds is 2. The SMILES string of the molecule is NC(c1cncc(F)c1)c1c(F)cc(Br)cc1F. The topological polar surface area (TPSA) is 38.9 Å². The van der Waals surface area contributed by atoms with Gasteiger partial charge < -0.3 is 5.73 Å². The Morgan fingerprint density at radius 1 is 1.06 bits per heavy atom. The van der Waals surface area contributed by atoms with E-state index in [-0.39, 0.29) is 15.6 Å². The molecule has 0 bridgehead atoms. The first-order valence-corrected chi connectivity index (χ1v) is 5.79. The fraction of sp³-hybridized carbons (Fsp3) is 0.0833. The summed E-state index contributed by atoms with van der Waals surface area (Å²) in [5, 5.41) is 0. The van der Waals surface area contributed by atoms with E-state index in [4.69, 9.17) is 5.73 Å². The number of nitrogens with zero attached hydrogens (tertiary/aromatic N) is 1. The maximum Gasteiger partial charge on any atom is 0.141 e. The Labute approximate surface area is 110 Å². The van der Waals surface area contributed by atoms with Gasteiger partial charge in [-0.15, -0.1) is 0 Å². The van der Waals surface area contributed by atoms with Crippen molar-refractivity contribution in [2.45, 2.75) is 6.04 Å². The summed E-state index contributed by atoms with van der Waals surface area (Å²) in [6.45, 7) is 0. The highest BCUT2D eigenvalue weighted by Crippen LogP contribution is 2.27. The summed E-state index contributed by atoms with van der Waals surface area (Å²) in [5.41, 5.74) is 5.62. The van der Waals surface area contributed by atoms with Crippen LogP contribution in [0.25, 0.3) is 0 Å². The summed E-state index contributed by atoms with van der Waals surface area (Å²) in [6.07, 6.45) is 2.26. The lowest BCUT2D eigenvalue weighted by molar-refractivity contribution is 0.540.